The SMILES string of the molecule is O=C(C1CCCCN1C(=O)OCc1ccccc1)N1CCC(CC2CCNCC2)CC1. The van der Waals surface area contributed by atoms with Gasteiger partial charge in [-0.15, -0.1) is 0 Å². The van der Waals surface area contributed by atoms with E-state index in [0.717, 1.165) is 75.7 Å². The van der Waals surface area contributed by atoms with Crippen molar-refractivity contribution < 1.29 is 14.3 Å². The maximum atomic E-state index is 13.3. The maximum Gasteiger partial charge on any atom is 0.410 e. The molecule has 6 heteroatoms. The van der Waals surface area contributed by atoms with Crippen molar-refractivity contribution >= 4 is 12.0 Å². The van der Waals surface area contributed by atoms with Gasteiger partial charge in [0.2, 0.25) is 5.91 Å². The van der Waals surface area contributed by atoms with Crippen LogP contribution in [-0.2, 0) is 16.1 Å². The molecule has 1 N–H and O–H groups in total. The summed E-state index contributed by atoms with van der Waals surface area (Å²) in [5.41, 5.74) is 0.964. The van der Waals surface area contributed by atoms with Crippen LogP contribution in [0.5, 0.6) is 0 Å². The second kappa shape index (κ2) is 11.0. The third-order valence-electron chi connectivity index (χ3n) is 7.28. The quantitative estimate of drug-likeness (QED) is 0.776. The number of carbonyl (C=O) groups excluding carboxylic acids is 2. The lowest BCUT2D eigenvalue weighted by atomic mass is 9.83. The lowest BCUT2D eigenvalue weighted by Gasteiger charge is -2.40. The van der Waals surface area contributed by atoms with Gasteiger partial charge in [0.1, 0.15) is 12.6 Å². The fraction of sp³-hybridized carbons (Fsp3) is 0.680. The van der Waals surface area contributed by atoms with E-state index in [1.54, 1.807) is 4.90 Å². The van der Waals surface area contributed by atoms with E-state index in [1.807, 2.05) is 35.2 Å². The predicted octanol–water partition coefficient (Wildman–Crippen LogP) is 3.81. The van der Waals surface area contributed by atoms with Gasteiger partial charge >= 0.3 is 6.09 Å². The van der Waals surface area contributed by atoms with Crippen molar-refractivity contribution in [3.8, 4) is 0 Å². The van der Waals surface area contributed by atoms with E-state index < -0.39 is 0 Å². The van der Waals surface area contributed by atoms with Crippen molar-refractivity contribution in [2.75, 3.05) is 32.7 Å². The second-order valence-corrected chi connectivity index (χ2v) is 9.44. The molecule has 0 aromatic heterocycles. The Morgan fingerprint density at radius 2 is 1.61 bits per heavy atom. The molecule has 3 aliphatic rings. The van der Waals surface area contributed by atoms with Crippen molar-refractivity contribution in [3.63, 3.8) is 0 Å². The highest BCUT2D eigenvalue weighted by Gasteiger charge is 2.37. The molecule has 1 aromatic rings. The summed E-state index contributed by atoms with van der Waals surface area (Å²) in [4.78, 5) is 29.8. The third kappa shape index (κ3) is 6.00. The van der Waals surface area contributed by atoms with Crippen LogP contribution in [0.1, 0.15) is 56.9 Å². The molecule has 3 fully saturated rings. The zero-order valence-electron chi connectivity index (χ0n) is 18.6. The molecule has 0 radical (unpaired) electrons. The van der Waals surface area contributed by atoms with Gasteiger partial charge in [-0.2, -0.15) is 0 Å². The van der Waals surface area contributed by atoms with Gasteiger partial charge in [0.15, 0.2) is 0 Å². The van der Waals surface area contributed by atoms with E-state index in [1.165, 1.54) is 19.3 Å². The average molecular weight is 428 g/mol. The standard InChI is InChI=1S/C25H37N3O3/c29-24(27-16-11-21(12-17-27)18-20-9-13-26-14-10-20)23-8-4-5-15-28(23)25(30)31-19-22-6-2-1-3-7-22/h1-3,6-7,20-21,23,26H,4-5,8-19H2. The lowest BCUT2D eigenvalue weighted by Crippen LogP contribution is -2.54. The highest BCUT2D eigenvalue weighted by atomic mass is 16.6. The van der Waals surface area contributed by atoms with Gasteiger partial charge in [0.05, 0.1) is 0 Å². The minimum atomic E-state index is -0.363. The largest absolute Gasteiger partial charge is 0.445 e. The van der Waals surface area contributed by atoms with Gasteiger partial charge in [-0.25, -0.2) is 4.79 Å². The van der Waals surface area contributed by atoms with Crippen LogP contribution >= 0.6 is 0 Å². The summed E-state index contributed by atoms with van der Waals surface area (Å²) >= 11 is 0. The molecular weight excluding hydrogens is 390 g/mol. The molecule has 0 saturated carbocycles. The summed E-state index contributed by atoms with van der Waals surface area (Å²) in [6.45, 7) is 4.82. The number of amides is 2. The average Bonchev–Trinajstić information content (AvgIpc) is 2.84. The van der Waals surface area contributed by atoms with Gasteiger partial charge < -0.3 is 15.0 Å². The van der Waals surface area contributed by atoms with Crippen LogP contribution in [0.4, 0.5) is 4.79 Å². The normalized spacial score (nSPS) is 23.5. The number of ether oxygens (including phenoxy) is 1. The summed E-state index contributed by atoms with van der Waals surface area (Å²) in [7, 11) is 0. The molecule has 0 aliphatic carbocycles. The first-order valence-corrected chi connectivity index (χ1v) is 12.2. The van der Waals surface area contributed by atoms with E-state index in [2.05, 4.69) is 5.32 Å². The molecule has 4 rings (SSSR count). The van der Waals surface area contributed by atoms with Gasteiger partial charge in [0, 0.05) is 19.6 Å². The smallest absolute Gasteiger partial charge is 0.410 e. The molecule has 0 bridgehead atoms. The summed E-state index contributed by atoms with van der Waals surface area (Å²) < 4.78 is 5.55. The van der Waals surface area contributed by atoms with Crippen LogP contribution in [0.15, 0.2) is 30.3 Å². The van der Waals surface area contributed by atoms with E-state index in [0.29, 0.717) is 6.54 Å². The van der Waals surface area contributed by atoms with Gasteiger partial charge in [-0.1, -0.05) is 30.3 Å². The number of carbonyl (C=O) groups is 2. The lowest BCUT2D eigenvalue weighted by molar-refractivity contribution is -0.139. The Labute approximate surface area is 186 Å². The Hall–Kier alpha value is -2.08. The van der Waals surface area contributed by atoms with Crippen LogP contribution in [0.2, 0.25) is 0 Å². The Morgan fingerprint density at radius 1 is 0.903 bits per heavy atom. The summed E-state index contributed by atoms with van der Waals surface area (Å²) in [6.07, 6.45) is 8.40. The zero-order chi connectivity index (χ0) is 21.5. The predicted molar refractivity (Wildman–Crippen MR) is 120 cm³/mol. The molecule has 3 aliphatic heterocycles. The molecule has 3 heterocycles. The topological polar surface area (TPSA) is 61.9 Å². The Balaban J connectivity index is 1.27. The Morgan fingerprint density at radius 3 is 2.35 bits per heavy atom. The van der Waals surface area contributed by atoms with Gasteiger partial charge in [-0.05, 0) is 81.9 Å². The number of benzene rings is 1. The zero-order valence-corrected chi connectivity index (χ0v) is 18.6. The third-order valence-corrected chi connectivity index (χ3v) is 7.28. The van der Waals surface area contributed by atoms with Crippen LogP contribution in [0, 0.1) is 11.8 Å². The fourth-order valence-electron chi connectivity index (χ4n) is 5.40. The first kappa shape index (κ1) is 22.1. The Bertz CT molecular complexity index is 712. The number of nitrogens with one attached hydrogen (secondary N) is 1. The van der Waals surface area contributed by atoms with Crippen molar-refractivity contribution in [3.05, 3.63) is 35.9 Å². The Kier molecular flexibility index (Phi) is 7.84. The molecule has 0 spiro atoms. The van der Waals surface area contributed by atoms with Crippen LogP contribution < -0.4 is 5.32 Å². The van der Waals surface area contributed by atoms with Crippen LogP contribution in [0.25, 0.3) is 0 Å². The number of likely N-dealkylation sites (tertiary alicyclic amines) is 2. The van der Waals surface area contributed by atoms with E-state index in [-0.39, 0.29) is 24.6 Å². The number of hydrogen-bond donors (Lipinski definition) is 1. The van der Waals surface area contributed by atoms with Gasteiger partial charge in [-0.3, -0.25) is 9.69 Å². The number of nitrogens with zero attached hydrogens (tertiary/aromatic N) is 2. The molecule has 170 valence electrons. The molecular formula is C25H37N3O3. The van der Waals surface area contributed by atoms with E-state index in [4.69, 9.17) is 4.74 Å². The van der Waals surface area contributed by atoms with Crippen molar-refractivity contribution in [1.82, 2.24) is 15.1 Å². The summed E-state index contributed by atoms with van der Waals surface area (Å²) in [5.74, 6) is 1.71. The van der Waals surface area contributed by atoms with Crippen molar-refractivity contribution in [1.29, 1.82) is 0 Å². The number of piperidine rings is 3. The first-order chi connectivity index (χ1) is 15.2. The monoisotopic (exact) mass is 427 g/mol. The summed E-state index contributed by atoms with van der Waals surface area (Å²) in [6, 6.07) is 9.34. The fourth-order valence-corrected chi connectivity index (χ4v) is 5.40. The van der Waals surface area contributed by atoms with E-state index >= 15 is 0 Å². The van der Waals surface area contributed by atoms with Crippen molar-refractivity contribution in [2.24, 2.45) is 11.8 Å². The van der Waals surface area contributed by atoms with Gasteiger partial charge in [0.25, 0.3) is 0 Å². The molecule has 2 amide bonds. The van der Waals surface area contributed by atoms with Crippen LogP contribution in [-0.4, -0.2) is 60.6 Å². The first-order valence-electron chi connectivity index (χ1n) is 12.2. The molecule has 3 saturated heterocycles. The summed E-state index contributed by atoms with van der Waals surface area (Å²) in [5, 5.41) is 3.45. The van der Waals surface area contributed by atoms with E-state index in [9.17, 15) is 9.59 Å². The molecule has 1 unspecified atom stereocenters. The minimum absolute atomic E-state index is 0.122. The second-order valence-electron chi connectivity index (χ2n) is 9.44. The number of hydrogen-bond acceptors (Lipinski definition) is 4. The molecule has 6 nitrogen and oxygen atoms in total. The highest BCUT2D eigenvalue weighted by molar-refractivity contribution is 5.86. The number of rotatable bonds is 5. The molecule has 31 heavy (non-hydrogen) atoms. The minimum Gasteiger partial charge on any atom is -0.445 e. The molecule has 1 atom stereocenters. The van der Waals surface area contributed by atoms with Crippen molar-refractivity contribution in [2.45, 2.75) is 64.0 Å². The highest BCUT2D eigenvalue weighted by Crippen LogP contribution is 2.29. The maximum absolute atomic E-state index is 13.3. The molecule has 1 aromatic carbocycles. The van der Waals surface area contributed by atoms with Crippen LogP contribution in [0.3, 0.4) is 0 Å².